The van der Waals surface area contributed by atoms with E-state index in [9.17, 15) is 14.9 Å². The molecule has 0 saturated carbocycles. The number of hydrogen-bond donors (Lipinski definition) is 1. The first-order chi connectivity index (χ1) is 17.5. The maximum Gasteiger partial charge on any atom is 0.345 e. The molecule has 3 aromatic heterocycles. The molecule has 10 heteroatoms. The first-order valence-electron chi connectivity index (χ1n) is 11.4. The van der Waals surface area contributed by atoms with Crippen molar-refractivity contribution >= 4 is 66.1 Å². The van der Waals surface area contributed by atoms with Crippen LogP contribution in [0.25, 0.3) is 27.8 Å². The van der Waals surface area contributed by atoms with E-state index < -0.39 is 5.63 Å². The molecule has 36 heavy (non-hydrogen) atoms. The molecule has 1 aromatic carbocycles. The SMILES string of the molecule is CCOC(=O)c1c(N/C=C(\C#N)c2nc(-c3cc4cc(Br)ccc4oc3=O)cs2)sc2c1CCCC2. The lowest BCUT2D eigenvalue weighted by atomic mass is 9.95. The van der Waals surface area contributed by atoms with Gasteiger partial charge in [0.1, 0.15) is 27.2 Å². The van der Waals surface area contributed by atoms with Crippen molar-refractivity contribution in [1.82, 2.24) is 4.98 Å². The molecule has 0 aliphatic heterocycles. The van der Waals surface area contributed by atoms with Gasteiger partial charge in [-0.15, -0.1) is 22.7 Å². The molecule has 0 atom stereocenters. The molecule has 1 aliphatic carbocycles. The molecule has 0 saturated heterocycles. The number of anilines is 1. The van der Waals surface area contributed by atoms with Crippen LogP contribution < -0.4 is 10.9 Å². The number of esters is 1. The lowest BCUT2D eigenvalue weighted by Gasteiger charge is -2.12. The van der Waals surface area contributed by atoms with Crippen LogP contribution in [-0.2, 0) is 17.6 Å². The van der Waals surface area contributed by atoms with E-state index in [4.69, 9.17) is 9.15 Å². The third-order valence-electron chi connectivity index (χ3n) is 5.82. The van der Waals surface area contributed by atoms with Crippen molar-refractivity contribution in [3.05, 3.63) is 71.8 Å². The second-order valence-corrected chi connectivity index (χ2v) is 11.0. The topological polar surface area (TPSA) is 105 Å². The van der Waals surface area contributed by atoms with Crippen LogP contribution in [0.5, 0.6) is 0 Å². The van der Waals surface area contributed by atoms with Gasteiger partial charge in [0.15, 0.2) is 0 Å². The number of carbonyl (C=O) groups is 1. The highest BCUT2D eigenvalue weighted by Crippen LogP contribution is 2.39. The molecule has 0 bridgehead atoms. The van der Waals surface area contributed by atoms with E-state index >= 15 is 0 Å². The Morgan fingerprint density at radius 3 is 2.97 bits per heavy atom. The summed E-state index contributed by atoms with van der Waals surface area (Å²) in [7, 11) is 0. The zero-order chi connectivity index (χ0) is 25.2. The monoisotopic (exact) mass is 581 g/mol. The average molecular weight is 583 g/mol. The second kappa shape index (κ2) is 10.4. The Morgan fingerprint density at radius 1 is 1.33 bits per heavy atom. The number of allylic oxidation sites excluding steroid dienone is 1. The molecular weight excluding hydrogens is 562 g/mol. The van der Waals surface area contributed by atoms with Crippen LogP contribution in [-0.4, -0.2) is 17.6 Å². The van der Waals surface area contributed by atoms with Crippen LogP contribution in [0.1, 0.15) is 45.6 Å². The van der Waals surface area contributed by atoms with Crippen molar-refractivity contribution in [2.24, 2.45) is 0 Å². The van der Waals surface area contributed by atoms with Crippen LogP contribution in [0.2, 0.25) is 0 Å². The number of ether oxygens (including phenoxy) is 1. The summed E-state index contributed by atoms with van der Waals surface area (Å²) in [5.74, 6) is -0.350. The first-order valence-corrected chi connectivity index (χ1v) is 13.9. The van der Waals surface area contributed by atoms with E-state index in [1.165, 1.54) is 27.6 Å². The summed E-state index contributed by atoms with van der Waals surface area (Å²) in [6.07, 6.45) is 5.47. The largest absolute Gasteiger partial charge is 0.462 e. The summed E-state index contributed by atoms with van der Waals surface area (Å²) in [4.78, 5) is 31.0. The zero-order valence-corrected chi connectivity index (χ0v) is 22.4. The number of thiophene rings is 1. The normalized spacial score (nSPS) is 13.3. The van der Waals surface area contributed by atoms with E-state index in [1.54, 1.807) is 36.7 Å². The number of halogens is 1. The van der Waals surface area contributed by atoms with Gasteiger partial charge in [-0.1, -0.05) is 15.9 Å². The van der Waals surface area contributed by atoms with Gasteiger partial charge in [0.05, 0.1) is 23.4 Å². The van der Waals surface area contributed by atoms with E-state index in [1.807, 2.05) is 6.07 Å². The molecule has 0 unspecified atom stereocenters. The fourth-order valence-electron chi connectivity index (χ4n) is 4.16. The quantitative estimate of drug-likeness (QED) is 0.152. The number of aryl methyl sites for hydroxylation is 1. The fourth-order valence-corrected chi connectivity index (χ4v) is 6.57. The summed E-state index contributed by atoms with van der Waals surface area (Å²) in [6, 6.07) is 9.30. The molecule has 4 aromatic rings. The van der Waals surface area contributed by atoms with Crippen molar-refractivity contribution in [2.75, 3.05) is 11.9 Å². The molecule has 7 nitrogen and oxygen atoms in total. The van der Waals surface area contributed by atoms with Gasteiger partial charge in [0, 0.05) is 26.3 Å². The van der Waals surface area contributed by atoms with Gasteiger partial charge in [-0.05, 0) is 62.4 Å². The molecule has 1 N–H and O–H groups in total. The number of carbonyl (C=O) groups excluding carboxylic acids is 1. The van der Waals surface area contributed by atoms with Gasteiger partial charge >= 0.3 is 11.6 Å². The molecule has 0 amide bonds. The van der Waals surface area contributed by atoms with Gasteiger partial charge < -0.3 is 14.5 Å². The predicted molar refractivity (Wildman–Crippen MR) is 145 cm³/mol. The van der Waals surface area contributed by atoms with Gasteiger partial charge in [0.25, 0.3) is 0 Å². The van der Waals surface area contributed by atoms with Crippen molar-refractivity contribution in [2.45, 2.75) is 32.6 Å². The molecule has 0 fully saturated rings. The fraction of sp³-hybridized carbons (Fsp3) is 0.231. The number of nitriles is 1. The number of aromatic nitrogens is 1. The minimum Gasteiger partial charge on any atom is -0.462 e. The van der Waals surface area contributed by atoms with Crippen molar-refractivity contribution in [3.8, 4) is 17.3 Å². The lowest BCUT2D eigenvalue weighted by molar-refractivity contribution is 0.0526. The lowest BCUT2D eigenvalue weighted by Crippen LogP contribution is -2.10. The summed E-state index contributed by atoms with van der Waals surface area (Å²) >= 11 is 6.21. The van der Waals surface area contributed by atoms with E-state index in [-0.39, 0.29) is 5.97 Å². The summed E-state index contributed by atoms with van der Waals surface area (Å²) < 4.78 is 11.6. The minimum absolute atomic E-state index is 0.292. The maximum atomic E-state index is 12.7. The molecule has 182 valence electrons. The summed E-state index contributed by atoms with van der Waals surface area (Å²) in [5.41, 5.74) is 2.65. The Bertz CT molecular complexity index is 1610. The number of nitrogens with zero attached hydrogens (tertiary/aromatic N) is 2. The van der Waals surface area contributed by atoms with Crippen LogP contribution >= 0.6 is 38.6 Å². The number of benzene rings is 1. The number of rotatable bonds is 6. The molecule has 0 radical (unpaired) electrons. The van der Waals surface area contributed by atoms with Crippen LogP contribution in [0.3, 0.4) is 0 Å². The van der Waals surface area contributed by atoms with Gasteiger partial charge in [-0.2, -0.15) is 5.26 Å². The molecule has 0 spiro atoms. The van der Waals surface area contributed by atoms with E-state index in [2.05, 4.69) is 32.3 Å². The zero-order valence-electron chi connectivity index (χ0n) is 19.2. The average Bonchev–Trinajstić information content (AvgIpc) is 3.49. The second-order valence-electron chi connectivity index (χ2n) is 8.12. The Kier molecular flexibility index (Phi) is 7.05. The van der Waals surface area contributed by atoms with E-state index in [0.717, 1.165) is 41.1 Å². The van der Waals surface area contributed by atoms with Crippen LogP contribution in [0.15, 0.2) is 49.5 Å². The number of thiazole rings is 1. The van der Waals surface area contributed by atoms with Gasteiger partial charge in [0.2, 0.25) is 0 Å². The summed E-state index contributed by atoms with van der Waals surface area (Å²) in [6.45, 7) is 2.08. The summed E-state index contributed by atoms with van der Waals surface area (Å²) in [5, 5.41) is 16.6. The van der Waals surface area contributed by atoms with Crippen LogP contribution in [0, 0.1) is 11.3 Å². The standard InChI is InChI=1S/C26H20BrN3O4S2/c1-2-33-26(32)22-17-5-3-4-6-21(17)36-24(22)29-12-15(11-28)23-30-19(13-35-23)18-10-14-9-16(27)7-8-20(14)34-25(18)31/h7-10,12-13,29H,2-6H2,1H3/b15-12+. The highest BCUT2D eigenvalue weighted by atomic mass is 79.9. The predicted octanol–water partition coefficient (Wildman–Crippen LogP) is 6.77. The Labute approximate surface area is 223 Å². The minimum atomic E-state index is -0.495. The smallest absolute Gasteiger partial charge is 0.345 e. The number of nitrogens with one attached hydrogen (secondary N) is 1. The van der Waals surface area contributed by atoms with Gasteiger partial charge in [-0.25, -0.2) is 14.6 Å². The van der Waals surface area contributed by atoms with Crippen molar-refractivity contribution in [1.29, 1.82) is 5.26 Å². The van der Waals surface area contributed by atoms with Crippen molar-refractivity contribution in [3.63, 3.8) is 0 Å². The van der Waals surface area contributed by atoms with Crippen LogP contribution in [0.4, 0.5) is 5.00 Å². The third kappa shape index (κ3) is 4.74. The number of fused-ring (bicyclic) bond motifs is 2. The Hall–Kier alpha value is -3.26. The highest BCUT2D eigenvalue weighted by molar-refractivity contribution is 9.10. The van der Waals surface area contributed by atoms with Crippen molar-refractivity contribution < 1.29 is 13.9 Å². The molecule has 3 heterocycles. The molecule has 1 aliphatic rings. The third-order valence-corrected chi connectivity index (χ3v) is 8.42. The molecular formula is C26H20BrN3O4S2. The highest BCUT2D eigenvalue weighted by Gasteiger charge is 2.26. The first kappa shape index (κ1) is 24.4. The Balaban J connectivity index is 1.46. The number of hydrogen-bond acceptors (Lipinski definition) is 9. The molecule has 5 rings (SSSR count). The van der Waals surface area contributed by atoms with Gasteiger partial charge in [-0.3, -0.25) is 0 Å². The van der Waals surface area contributed by atoms with E-state index in [0.29, 0.717) is 44.6 Å². The Morgan fingerprint density at radius 2 is 2.17 bits per heavy atom. The maximum absolute atomic E-state index is 12.7.